The average Bonchev–Trinajstić information content (AvgIpc) is 3.12. The number of likely N-dealkylation sites (tertiary alicyclic amines) is 1. The van der Waals surface area contributed by atoms with Crippen molar-refractivity contribution >= 4 is 0 Å². The fourth-order valence-electron chi connectivity index (χ4n) is 3.90. The molecule has 2 fully saturated rings. The molecule has 3 rings (SSSR count). The largest absolute Gasteiger partial charge is 0.384 e. The van der Waals surface area contributed by atoms with Crippen LogP contribution in [0.25, 0.3) is 0 Å². The van der Waals surface area contributed by atoms with E-state index in [1.165, 1.54) is 32.1 Å². The molecule has 0 spiro atoms. The Morgan fingerprint density at radius 1 is 1.00 bits per heavy atom. The van der Waals surface area contributed by atoms with Crippen molar-refractivity contribution in [3.05, 3.63) is 35.9 Å². The van der Waals surface area contributed by atoms with Crippen molar-refractivity contribution in [2.24, 2.45) is 5.92 Å². The lowest BCUT2D eigenvalue weighted by molar-refractivity contribution is -0.0173. The molecule has 1 saturated heterocycles. The van der Waals surface area contributed by atoms with Gasteiger partial charge in [0.25, 0.3) is 0 Å². The second-order valence-electron chi connectivity index (χ2n) is 6.78. The Hall–Kier alpha value is -1.46. The van der Waals surface area contributed by atoms with Crippen LogP contribution in [0, 0.1) is 17.9 Å². The van der Waals surface area contributed by atoms with Crippen molar-refractivity contribution in [3.63, 3.8) is 0 Å². The van der Waals surface area contributed by atoms with Crippen LogP contribution in [-0.2, 0) is 5.60 Å². The summed E-state index contributed by atoms with van der Waals surface area (Å²) in [5.41, 5.74) is 0.260. The monoisotopic (exact) mass is 297 g/mol. The highest BCUT2D eigenvalue weighted by atomic mass is 16.3. The van der Waals surface area contributed by atoms with Gasteiger partial charge in [-0.05, 0) is 43.6 Å². The second kappa shape index (κ2) is 7.20. The van der Waals surface area contributed by atoms with Crippen molar-refractivity contribution < 1.29 is 5.11 Å². The zero-order valence-corrected chi connectivity index (χ0v) is 13.4. The molecule has 0 unspecified atom stereocenters. The van der Waals surface area contributed by atoms with Gasteiger partial charge in [-0.25, -0.2) is 0 Å². The third kappa shape index (κ3) is 3.47. The van der Waals surface area contributed by atoms with Crippen molar-refractivity contribution in [3.8, 4) is 12.0 Å². The number of benzene rings is 1. The molecular weight excluding hydrogens is 270 g/mol. The van der Waals surface area contributed by atoms with Gasteiger partial charge in [-0.15, -0.1) is 0 Å². The summed E-state index contributed by atoms with van der Waals surface area (Å²) >= 11 is 0. The van der Waals surface area contributed by atoms with Gasteiger partial charge >= 0.3 is 0 Å². The average molecular weight is 297 g/mol. The normalized spacial score (nSPS) is 22.0. The van der Waals surface area contributed by atoms with E-state index in [2.05, 4.69) is 29.0 Å². The maximum atomic E-state index is 11.4. The van der Waals surface area contributed by atoms with Crippen LogP contribution in [-0.4, -0.2) is 23.1 Å². The van der Waals surface area contributed by atoms with Crippen LogP contribution >= 0.6 is 0 Å². The first-order valence-corrected chi connectivity index (χ1v) is 8.80. The van der Waals surface area contributed by atoms with Gasteiger partial charge in [0.05, 0.1) is 0 Å². The first-order chi connectivity index (χ1) is 10.8. The first kappa shape index (κ1) is 15.4. The molecule has 0 amide bonds. The van der Waals surface area contributed by atoms with Crippen molar-refractivity contribution in [2.75, 3.05) is 13.1 Å². The van der Waals surface area contributed by atoms with Crippen LogP contribution in [0.1, 0.15) is 56.9 Å². The Kier molecular flexibility index (Phi) is 5.05. The predicted octanol–water partition coefficient (Wildman–Crippen LogP) is 3.90. The summed E-state index contributed by atoms with van der Waals surface area (Å²) in [6.07, 6.45) is 9.10. The van der Waals surface area contributed by atoms with Gasteiger partial charge in [0, 0.05) is 25.6 Å². The van der Waals surface area contributed by atoms with E-state index >= 15 is 0 Å². The van der Waals surface area contributed by atoms with Crippen LogP contribution in [0.15, 0.2) is 30.3 Å². The van der Waals surface area contributed by atoms with E-state index in [9.17, 15) is 5.11 Å². The number of piperidine rings is 1. The number of nitrogens with zero attached hydrogens (tertiary/aromatic N) is 1. The second-order valence-corrected chi connectivity index (χ2v) is 6.78. The van der Waals surface area contributed by atoms with E-state index in [1.807, 2.05) is 18.2 Å². The molecule has 2 nitrogen and oxygen atoms in total. The Morgan fingerprint density at radius 2 is 1.68 bits per heavy atom. The molecule has 1 aliphatic carbocycles. The van der Waals surface area contributed by atoms with E-state index in [1.54, 1.807) is 0 Å². The maximum Gasteiger partial charge on any atom is 0.103 e. The van der Waals surface area contributed by atoms with Crippen molar-refractivity contribution in [1.82, 2.24) is 4.90 Å². The molecule has 22 heavy (non-hydrogen) atoms. The quantitative estimate of drug-likeness (QED) is 0.855. The van der Waals surface area contributed by atoms with E-state index in [-0.39, 0.29) is 0 Å². The summed E-state index contributed by atoms with van der Waals surface area (Å²) in [7, 11) is 0. The van der Waals surface area contributed by atoms with Gasteiger partial charge in [-0.3, -0.25) is 0 Å². The molecule has 1 saturated carbocycles. The number of hydrogen-bond donors (Lipinski definition) is 1. The number of aliphatic hydroxyl groups is 1. The van der Waals surface area contributed by atoms with Gasteiger partial charge in [-0.1, -0.05) is 49.1 Å². The van der Waals surface area contributed by atoms with E-state index < -0.39 is 5.60 Å². The molecule has 2 aliphatic rings. The SMILES string of the molecule is O[C@@](CC#CN1CCCCC1)(c1ccccc1)C1CCCC1. The minimum atomic E-state index is -0.777. The standard InChI is InChI=1S/C20H27NO/c22-20(19-12-5-6-13-19,18-10-3-1-4-11-18)14-9-17-21-15-7-2-8-16-21/h1,3-4,10-11,19,22H,2,5-8,12-16H2/t20-/m0/s1. The minimum absolute atomic E-state index is 0.352. The Bertz CT molecular complexity index is 518. The molecular formula is C20H27NO. The smallest absolute Gasteiger partial charge is 0.103 e. The van der Waals surface area contributed by atoms with Gasteiger partial charge in [0.1, 0.15) is 5.60 Å². The molecule has 2 heteroatoms. The molecule has 1 aromatic rings. The molecule has 1 N–H and O–H groups in total. The Balaban J connectivity index is 1.75. The molecule has 0 radical (unpaired) electrons. The molecule has 1 aromatic carbocycles. The predicted molar refractivity (Wildman–Crippen MR) is 90.1 cm³/mol. The minimum Gasteiger partial charge on any atom is -0.384 e. The highest BCUT2D eigenvalue weighted by molar-refractivity contribution is 5.26. The Labute approximate surface area is 134 Å². The lowest BCUT2D eigenvalue weighted by Gasteiger charge is -2.33. The summed E-state index contributed by atoms with van der Waals surface area (Å²) in [4.78, 5) is 2.23. The van der Waals surface area contributed by atoms with E-state index in [0.717, 1.165) is 31.5 Å². The van der Waals surface area contributed by atoms with Crippen LogP contribution in [0.2, 0.25) is 0 Å². The molecule has 0 bridgehead atoms. The fraction of sp³-hybridized carbons (Fsp3) is 0.600. The van der Waals surface area contributed by atoms with Crippen molar-refractivity contribution in [1.29, 1.82) is 0 Å². The summed E-state index contributed by atoms with van der Waals surface area (Å²) in [6, 6.07) is 13.5. The lowest BCUT2D eigenvalue weighted by atomic mass is 9.78. The van der Waals surface area contributed by atoms with Crippen LogP contribution in [0.5, 0.6) is 0 Å². The molecule has 0 aromatic heterocycles. The van der Waals surface area contributed by atoms with Crippen LogP contribution in [0.3, 0.4) is 0 Å². The lowest BCUT2D eigenvalue weighted by Crippen LogP contribution is -2.33. The van der Waals surface area contributed by atoms with Gasteiger partial charge in [0.2, 0.25) is 0 Å². The highest BCUT2D eigenvalue weighted by Gasteiger charge is 2.39. The topological polar surface area (TPSA) is 23.5 Å². The zero-order valence-electron chi connectivity index (χ0n) is 13.4. The molecule has 1 aliphatic heterocycles. The van der Waals surface area contributed by atoms with Crippen LogP contribution in [0.4, 0.5) is 0 Å². The van der Waals surface area contributed by atoms with E-state index in [4.69, 9.17) is 0 Å². The van der Waals surface area contributed by atoms with Gasteiger partial charge in [-0.2, -0.15) is 0 Å². The third-order valence-corrected chi connectivity index (χ3v) is 5.26. The van der Waals surface area contributed by atoms with E-state index in [0.29, 0.717) is 12.3 Å². The number of rotatable bonds is 3. The highest BCUT2D eigenvalue weighted by Crippen LogP contribution is 2.42. The zero-order chi connectivity index (χ0) is 15.3. The first-order valence-electron chi connectivity index (χ1n) is 8.80. The number of hydrogen-bond acceptors (Lipinski definition) is 2. The Morgan fingerprint density at radius 3 is 2.36 bits per heavy atom. The molecule has 118 valence electrons. The molecule has 1 heterocycles. The summed E-state index contributed by atoms with van der Waals surface area (Å²) in [5.74, 6) is 3.65. The summed E-state index contributed by atoms with van der Waals surface area (Å²) in [5, 5.41) is 11.4. The van der Waals surface area contributed by atoms with Crippen LogP contribution < -0.4 is 0 Å². The maximum absolute atomic E-state index is 11.4. The summed E-state index contributed by atoms with van der Waals surface area (Å²) < 4.78 is 0. The third-order valence-electron chi connectivity index (χ3n) is 5.26. The fourth-order valence-corrected chi connectivity index (χ4v) is 3.90. The van der Waals surface area contributed by atoms with Crippen molar-refractivity contribution in [2.45, 2.75) is 57.0 Å². The van der Waals surface area contributed by atoms with Gasteiger partial charge < -0.3 is 10.0 Å². The van der Waals surface area contributed by atoms with Gasteiger partial charge in [0.15, 0.2) is 0 Å². The summed E-state index contributed by atoms with van der Waals surface area (Å²) in [6.45, 7) is 2.17. The molecule has 1 atom stereocenters.